The summed E-state index contributed by atoms with van der Waals surface area (Å²) in [5.74, 6) is 0. The molecule has 2 rings (SSSR count). The van der Waals surface area contributed by atoms with Crippen LogP contribution in [0.4, 0.5) is 0 Å². The van der Waals surface area contributed by atoms with Gasteiger partial charge in [0.1, 0.15) is 0 Å². The van der Waals surface area contributed by atoms with Crippen molar-refractivity contribution < 1.29 is 13.6 Å². The molecule has 0 N–H and O–H groups in total. The molecule has 0 atom stereocenters. The number of hydrogen-bond acceptors (Lipinski definition) is 4. The molecule has 0 spiro atoms. The largest absolute Gasteiger partial charge is 0.330 e. The van der Waals surface area contributed by atoms with Gasteiger partial charge < -0.3 is 9.05 Å². The van der Waals surface area contributed by atoms with Crippen molar-refractivity contribution in [3.05, 3.63) is 60.7 Å². The van der Waals surface area contributed by atoms with Crippen molar-refractivity contribution >= 4 is 36.0 Å². The maximum atomic E-state index is 12.7. The number of hydrogen-bond donors (Lipinski definition) is 0. The lowest BCUT2D eigenvalue weighted by molar-refractivity contribution is 0.220. The molecular formula is C19H26O3P2S. The summed E-state index contributed by atoms with van der Waals surface area (Å²) in [6, 6.07) is 18.6. The molecule has 6 heteroatoms. The second kappa shape index (κ2) is 9.80. The van der Waals surface area contributed by atoms with Crippen LogP contribution in [0.1, 0.15) is 20.3 Å². The van der Waals surface area contributed by atoms with Gasteiger partial charge in [-0.15, -0.1) is 0 Å². The fourth-order valence-corrected chi connectivity index (χ4v) is 8.55. The first-order valence-electron chi connectivity index (χ1n) is 8.62. The third-order valence-electron chi connectivity index (χ3n) is 3.90. The van der Waals surface area contributed by atoms with Crippen LogP contribution in [-0.2, 0) is 25.4 Å². The van der Waals surface area contributed by atoms with Crippen LogP contribution in [0.25, 0.3) is 0 Å². The van der Waals surface area contributed by atoms with Crippen LogP contribution in [0.5, 0.6) is 0 Å². The molecular weight excluding hydrogens is 370 g/mol. The molecule has 136 valence electrons. The van der Waals surface area contributed by atoms with Crippen molar-refractivity contribution in [1.82, 2.24) is 0 Å². The minimum absolute atomic E-state index is 0.392. The Morgan fingerprint density at radius 1 is 0.800 bits per heavy atom. The van der Waals surface area contributed by atoms with Gasteiger partial charge in [-0.25, -0.2) is 0 Å². The van der Waals surface area contributed by atoms with Gasteiger partial charge in [-0.1, -0.05) is 72.5 Å². The second-order valence-electron chi connectivity index (χ2n) is 5.66. The summed E-state index contributed by atoms with van der Waals surface area (Å²) in [5, 5.41) is 2.39. The van der Waals surface area contributed by atoms with Gasteiger partial charge in [-0.2, -0.15) is 0 Å². The molecule has 0 aliphatic heterocycles. The maximum absolute atomic E-state index is 12.7. The van der Waals surface area contributed by atoms with E-state index in [0.29, 0.717) is 19.4 Å². The molecule has 2 aromatic carbocycles. The van der Waals surface area contributed by atoms with Crippen LogP contribution in [0, 0.1) is 0 Å². The van der Waals surface area contributed by atoms with E-state index in [1.54, 1.807) is 0 Å². The third-order valence-corrected chi connectivity index (χ3v) is 11.1. The molecule has 0 aromatic heterocycles. The maximum Gasteiger partial charge on any atom is 0.330 e. The van der Waals surface area contributed by atoms with E-state index < -0.39 is 13.6 Å². The quantitative estimate of drug-likeness (QED) is 0.542. The molecule has 0 fully saturated rings. The lowest BCUT2D eigenvalue weighted by Gasteiger charge is -2.24. The molecule has 0 bridgehead atoms. The minimum atomic E-state index is -3.02. The Morgan fingerprint density at radius 2 is 1.24 bits per heavy atom. The molecule has 0 unspecified atom stereocenters. The number of benzene rings is 2. The molecule has 0 heterocycles. The standard InChI is InChI=1S/C19H26O3P2S/c1-3-21-24(20,22-4-2)17-11-16-23(25,18-12-7-5-8-13-18)19-14-9-6-10-15-19/h5-10,12-15H,3-4,11,16-17H2,1-2H3. The summed E-state index contributed by atoms with van der Waals surface area (Å²) in [7, 11) is -3.02. The SMILES string of the molecule is CCOP(=O)(CCCP(=S)(c1ccccc1)c1ccccc1)OCC. The van der Waals surface area contributed by atoms with Crippen molar-refractivity contribution in [2.24, 2.45) is 0 Å². The van der Waals surface area contributed by atoms with Gasteiger partial charge in [0, 0.05) is 6.04 Å². The van der Waals surface area contributed by atoms with Crippen molar-refractivity contribution in [2.75, 3.05) is 25.5 Å². The summed E-state index contributed by atoms with van der Waals surface area (Å²) in [6.45, 7) is 4.46. The van der Waals surface area contributed by atoms with Crippen LogP contribution in [0.2, 0.25) is 0 Å². The molecule has 0 saturated heterocycles. The molecule has 25 heavy (non-hydrogen) atoms. The Bertz CT molecular complexity index is 681. The van der Waals surface area contributed by atoms with Crippen molar-refractivity contribution in [1.29, 1.82) is 0 Å². The number of rotatable bonds is 10. The first kappa shape index (κ1) is 20.6. The fraction of sp³-hybridized carbons (Fsp3) is 0.368. The van der Waals surface area contributed by atoms with Crippen molar-refractivity contribution in [3.63, 3.8) is 0 Å². The van der Waals surface area contributed by atoms with E-state index in [1.165, 1.54) is 10.6 Å². The minimum Gasteiger partial charge on any atom is -0.309 e. The van der Waals surface area contributed by atoms with E-state index in [4.69, 9.17) is 20.9 Å². The third kappa shape index (κ3) is 5.61. The summed E-state index contributed by atoms with van der Waals surface area (Å²) in [6.07, 6.45) is 1.94. The zero-order chi connectivity index (χ0) is 18.2. The first-order chi connectivity index (χ1) is 12.0. The summed E-state index contributed by atoms with van der Waals surface area (Å²) in [5.41, 5.74) is 0. The summed E-state index contributed by atoms with van der Waals surface area (Å²) < 4.78 is 23.5. The van der Waals surface area contributed by atoms with Crippen LogP contribution in [0.15, 0.2) is 60.7 Å². The van der Waals surface area contributed by atoms with Crippen molar-refractivity contribution in [2.45, 2.75) is 20.3 Å². The molecule has 0 amide bonds. The zero-order valence-electron chi connectivity index (χ0n) is 14.8. The van der Waals surface area contributed by atoms with Crippen molar-refractivity contribution in [3.8, 4) is 0 Å². The molecule has 0 radical (unpaired) electrons. The highest BCUT2D eigenvalue weighted by Crippen LogP contribution is 2.51. The molecule has 0 aliphatic carbocycles. The van der Waals surface area contributed by atoms with E-state index in [2.05, 4.69) is 24.3 Å². The predicted molar refractivity (Wildman–Crippen MR) is 112 cm³/mol. The van der Waals surface area contributed by atoms with E-state index in [1.807, 2.05) is 50.2 Å². The van der Waals surface area contributed by atoms with Crippen LogP contribution in [0.3, 0.4) is 0 Å². The fourth-order valence-electron chi connectivity index (χ4n) is 2.79. The molecule has 2 aromatic rings. The normalized spacial score (nSPS) is 12.2. The Balaban J connectivity index is 2.21. The highest BCUT2D eigenvalue weighted by Gasteiger charge is 2.27. The van der Waals surface area contributed by atoms with E-state index in [0.717, 1.165) is 12.6 Å². The Kier molecular flexibility index (Phi) is 8.06. The monoisotopic (exact) mass is 396 g/mol. The lowest BCUT2D eigenvalue weighted by atomic mass is 10.4. The van der Waals surface area contributed by atoms with Gasteiger partial charge in [-0.3, -0.25) is 4.57 Å². The van der Waals surface area contributed by atoms with Crippen LogP contribution in [-0.4, -0.2) is 25.5 Å². The first-order valence-corrected chi connectivity index (χ1v) is 13.3. The topological polar surface area (TPSA) is 35.5 Å². The average molecular weight is 396 g/mol. The lowest BCUT2D eigenvalue weighted by Crippen LogP contribution is -2.18. The zero-order valence-corrected chi connectivity index (χ0v) is 17.4. The average Bonchev–Trinajstić information content (AvgIpc) is 2.63. The van der Waals surface area contributed by atoms with Gasteiger partial charge in [0.25, 0.3) is 0 Å². The Morgan fingerprint density at radius 3 is 1.64 bits per heavy atom. The molecule has 3 nitrogen and oxygen atoms in total. The van der Waals surface area contributed by atoms with E-state index in [9.17, 15) is 4.57 Å². The van der Waals surface area contributed by atoms with Gasteiger partial charge in [0.15, 0.2) is 0 Å². The van der Waals surface area contributed by atoms with E-state index in [-0.39, 0.29) is 0 Å². The Labute approximate surface area is 156 Å². The summed E-state index contributed by atoms with van der Waals surface area (Å²) in [4.78, 5) is 0. The van der Waals surface area contributed by atoms with E-state index >= 15 is 0 Å². The van der Waals surface area contributed by atoms with Crippen LogP contribution < -0.4 is 10.6 Å². The highest BCUT2D eigenvalue weighted by molar-refractivity contribution is 8.21. The van der Waals surface area contributed by atoms with Gasteiger partial charge in [-0.05, 0) is 37.0 Å². The smallest absolute Gasteiger partial charge is 0.309 e. The van der Waals surface area contributed by atoms with Crippen LogP contribution >= 0.6 is 13.6 Å². The second-order valence-corrected chi connectivity index (χ2v) is 12.7. The highest BCUT2D eigenvalue weighted by atomic mass is 32.4. The summed E-state index contributed by atoms with van der Waals surface area (Å²) >= 11 is 6.19. The Hall–Kier alpha value is -0.760. The van der Waals surface area contributed by atoms with Gasteiger partial charge >= 0.3 is 7.60 Å². The predicted octanol–water partition coefficient (Wildman–Crippen LogP) is 4.77. The molecule has 0 aliphatic rings. The van der Waals surface area contributed by atoms with Gasteiger partial charge in [0.2, 0.25) is 0 Å². The molecule has 0 saturated carbocycles. The van der Waals surface area contributed by atoms with Gasteiger partial charge in [0.05, 0.1) is 19.4 Å².